The van der Waals surface area contributed by atoms with E-state index in [1.54, 1.807) is 6.20 Å². The van der Waals surface area contributed by atoms with Gasteiger partial charge < -0.3 is 4.74 Å². The maximum Gasteiger partial charge on any atom is 0.224 e. The first kappa shape index (κ1) is 13.8. The van der Waals surface area contributed by atoms with Crippen LogP contribution < -0.4 is 4.74 Å². The van der Waals surface area contributed by atoms with Crippen molar-refractivity contribution in [3.8, 4) is 5.88 Å². The summed E-state index contributed by atoms with van der Waals surface area (Å²) < 4.78 is 5.74. The topological polar surface area (TPSA) is 50.8 Å². The number of nitrogens with one attached hydrogen (secondary N) is 1. The Kier molecular flexibility index (Phi) is 4.81. The molecule has 2 heterocycles. The van der Waals surface area contributed by atoms with E-state index < -0.39 is 0 Å². The molecule has 1 atom stereocenters. The smallest absolute Gasteiger partial charge is 0.224 e. The third-order valence-electron chi connectivity index (χ3n) is 2.81. The van der Waals surface area contributed by atoms with Gasteiger partial charge in [0.15, 0.2) is 0 Å². The second-order valence-electron chi connectivity index (χ2n) is 4.18. The van der Waals surface area contributed by atoms with Gasteiger partial charge in [-0.15, -0.1) is 0 Å². The average molecular weight is 253 g/mol. The molecule has 1 N–H and O–H groups in total. The molecule has 0 amide bonds. The fourth-order valence-electron chi connectivity index (χ4n) is 1.53. The van der Waals surface area contributed by atoms with Crippen LogP contribution in [0.5, 0.6) is 5.88 Å². The third kappa shape index (κ3) is 2.91. The Morgan fingerprint density at radius 2 is 2.24 bits per heavy atom. The van der Waals surface area contributed by atoms with Crippen LogP contribution in [0.1, 0.15) is 26.0 Å². The molecule has 0 aromatic carbocycles. The zero-order valence-corrected chi connectivity index (χ0v) is 11.4. The second kappa shape index (κ2) is 5.91. The molecular weight excluding hydrogens is 234 g/mol. The summed E-state index contributed by atoms with van der Waals surface area (Å²) in [5.41, 5.74) is 1.91. The van der Waals surface area contributed by atoms with E-state index in [0.29, 0.717) is 18.4 Å². The molecule has 4 nitrogen and oxygen atoms in total. The van der Waals surface area contributed by atoms with Gasteiger partial charge >= 0.3 is 0 Å². The molecule has 94 valence electrons. The van der Waals surface area contributed by atoms with Gasteiger partial charge in [-0.2, -0.15) is 18.6 Å². The standard InChI is InChI=1S/C12H17N3O.H2S/c1-4-8(2)7-16-12-11-9(3)14-15-10(11)5-6-13-12;/h5-6,8H,4,7H2,1-3H3,(H,14,15);1H2/t8-;/m0./s1. The van der Waals surface area contributed by atoms with Crippen molar-refractivity contribution >= 4 is 24.4 Å². The predicted molar refractivity (Wildman–Crippen MR) is 74.0 cm³/mol. The Morgan fingerprint density at radius 1 is 1.47 bits per heavy atom. The van der Waals surface area contributed by atoms with Gasteiger partial charge in [-0.25, -0.2) is 4.98 Å². The lowest BCUT2D eigenvalue weighted by atomic mass is 10.1. The van der Waals surface area contributed by atoms with E-state index in [9.17, 15) is 0 Å². The van der Waals surface area contributed by atoms with Gasteiger partial charge in [0, 0.05) is 11.9 Å². The van der Waals surface area contributed by atoms with E-state index in [0.717, 1.165) is 23.0 Å². The minimum atomic E-state index is 0. The Labute approximate surface area is 108 Å². The monoisotopic (exact) mass is 253 g/mol. The minimum Gasteiger partial charge on any atom is -0.477 e. The highest BCUT2D eigenvalue weighted by Crippen LogP contribution is 2.24. The van der Waals surface area contributed by atoms with E-state index in [1.165, 1.54) is 0 Å². The Balaban J connectivity index is 0.00000144. The molecule has 2 rings (SSSR count). The molecule has 0 aliphatic rings. The van der Waals surface area contributed by atoms with Gasteiger partial charge in [0.2, 0.25) is 5.88 Å². The number of aromatic nitrogens is 3. The number of nitrogens with zero attached hydrogens (tertiary/aromatic N) is 2. The maximum absolute atomic E-state index is 5.74. The van der Waals surface area contributed by atoms with Crippen molar-refractivity contribution in [2.75, 3.05) is 6.61 Å². The van der Waals surface area contributed by atoms with Crippen molar-refractivity contribution in [3.63, 3.8) is 0 Å². The molecule has 0 bridgehead atoms. The summed E-state index contributed by atoms with van der Waals surface area (Å²) in [4.78, 5) is 4.26. The molecular formula is C12H19N3OS. The van der Waals surface area contributed by atoms with E-state index in [1.807, 2.05) is 13.0 Å². The Bertz CT molecular complexity index is 484. The average Bonchev–Trinajstić information content (AvgIpc) is 2.69. The molecule has 2 aromatic rings. The quantitative estimate of drug-likeness (QED) is 0.911. The minimum absolute atomic E-state index is 0. The van der Waals surface area contributed by atoms with Crippen molar-refractivity contribution in [3.05, 3.63) is 18.0 Å². The van der Waals surface area contributed by atoms with Crippen molar-refractivity contribution < 1.29 is 4.74 Å². The molecule has 0 saturated carbocycles. The van der Waals surface area contributed by atoms with Gasteiger partial charge in [0.1, 0.15) is 0 Å². The van der Waals surface area contributed by atoms with Crippen LogP contribution in [0.4, 0.5) is 0 Å². The number of H-pyrrole nitrogens is 1. The molecule has 0 fully saturated rings. The van der Waals surface area contributed by atoms with E-state index >= 15 is 0 Å². The first-order chi connectivity index (χ1) is 7.72. The molecule has 0 unspecified atom stereocenters. The lowest BCUT2D eigenvalue weighted by Gasteiger charge is -2.10. The molecule has 0 spiro atoms. The highest BCUT2D eigenvalue weighted by molar-refractivity contribution is 7.59. The number of hydrogen-bond acceptors (Lipinski definition) is 3. The molecule has 0 radical (unpaired) electrons. The molecule has 5 heteroatoms. The summed E-state index contributed by atoms with van der Waals surface area (Å²) in [7, 11) is 0. The van der Waals surface area contributed by atoms with Crippen molar-refractivity contribution in [1.82, 2.24) is 15.2 Å². The van der Waals surface area contributed by atoms with E-state index in [2.05, 4.69) is 29.0 Å². The number of aryl methyl sites for hydroxylation is 1. The van der Waals surface area contributed by atoms with Crippen LogP contribution in [0.25, 0.3) is 10.9 Å². The van der Waals surface area contributed by atoms with Crippen molar-refractivity contribution in [1.29, 1.82) is 0 Å². The highest BCUT2D eigenvalue weighted by Gasteiger charge is 2.10. The second-order valence-corrected chi connectivity index (χ2v) is 4.18. The fourth-order valence-corrected chi connectivity index (χ4v) is 1.53. The predicted octanol–water partition coefficient (Wildman–Crippen LogP) is 2.80. The Hall–Kier alpha value is -1.23. The molecule has 0 aliphatic heterocycles. The van der Waals surface area contributed by atoms with Crippen LogP contribution in [-0.2, 0) is 0 Å². The lowest BCUT2D eigenvalue weighted by Crippen LogP contribution is -2.08. The number of rotatable bonds is 4. The summed E-state index contributed by atoms with van der Waals surface area (Å²) in [6.07, 6.45) is 2.84. The van der Waals surface area contributed by atoms with Crippen LogP contribution in [0, 0.1) is 12.8 Å². The van der Waals surface area contributed by atoms with Crippen LogP contribution in [0.3, 0.4) is 0 Å². The number of aromatic amines is 1. The molecule has 17 heavy (non-hydrogen) atoms. The van der Waals surface area contributed by atoms with Gasteiger partial charge in [-0.05, 0) is 18.9 Å². The number of fused-ring (bicyclic) bond motifs is 1. The molecule has 0 saturated heterocycles. The summed E-state index contributed by atoms with van der Waals surface area (Å²) in [5, 5.41) is 8.12. The molecule has 2 aromatic heterocycles. The van der Waals surface area contributed by atoms with Gasteiger partial charge in [-0.3, -0.25) is 5.10 Å². The zero-order valence-electron chi connectivity index (χ0n) is 10.4. The molecule has 0 aliphatic carbocycles. The largest absolute Gasteiger partial charge is 0.477 e. The first-order valence-electron chi connectivity index (χ1n) is 5.64. The fraction of sp³-hybridized carbons (Fsp3) is 0.500. The van der Waals surface area contributed by atoms with Crippen molar-refractivity contribution in [2.45, 2.75) is 27.2 Å². The number of pyridine rings is 1. The van der Waals surface area contributed by atoms with Crippen molar-refractivity contribution in [2.24, 2.45) is 5.92 Å². The first-order valence-corrected chi connectivity index (χ1v) is 5.64. The van der Waals surface area contributed by atoms with E-state index in [4.69, 9.17) is 4.74 Å². The summed E-state index contributed by atoms with van der Waals surface area (Å²) in [6, 6.07) is 1.88. The number of ether oxygens (including phenoxy) is 1. The normalized spacial score (nSPS) is 12.2. The zero-order chi connectivity index (χ0) is 11.5. The van der Waals surface area contributed by atoms with Gasteiger partial charge in [-0.1, -0.05) is 20.3 Å². The SMILES string of the molecule is CC[C@H](C)COc1nccc2n[nH]c(C)c12.S. The summed E-state index contributed by atoms with van der Waals surface area (Å²) in [5.74, 6) is 1.23. The number of hydrogen-bond donors (Lipinski definition) is 1. The lowest BCUT2D eigenvalue weighted by molar-refractivity contribution is 0.251. The summed E-state index contributed by atoms with van der Waals surface area (Å²) >= 11 is 0. The maximum atomic E-state index is 5.74. The van der Waals surface area contributed by atoms with Crippen LogP contribution in [-0.4, -0.2) is 21.8 Å². The van der Waals surface area contributed by atoms with E-state index in [-0.39, 0.29) is 13.5 Å². The summed E-state index contributed by atoms with van der Waals surface area (Å²) in [6.45, 7) is 7.01. The van der Waals surface area contributed by atoms with Crippen LogP contribution >= 0.6 is 13.5 Å². The Morgan fingerprint density at radius 3 is 2.94 bits per heavy atom. The highest BCUT2D eigenvalue weighted by atomic mass is 32.1. The third-order valence-corrected chi connectivity index (χ3v) is 2.81. The van der Waals surface area contributed by atoms with Crippen LogP contribution in [0.2, 0.25) is 0 Å². The van der Waals surface area contributed by atoms with Gasteiger partial charge in [0.05, 0.1) is 17.5 Å². The van der Waals surface area contributed by atoms with Crippen LogP contribution in [0.15, 0.2) is 12.3 Å². The van der Waals surface area contributed by atoms with Gasteiger partial charge in [0.25, 0.3) is 0 Å².